The fraction of sp³-hybridized carbons (Fsp3) is 0.222. The Bertz CT molecular complexity index is 925. The van der Waals surface area contributed by atoms with Gasteiger partial charge in [-0.1, -0.05) is 12.1 Å². The predicted octanol–water partition coefficient (Wildman–Crippen LogP) is 2.52. The van der Waals surface area contributed by atoms with E-state index in [0.29, 0.717) is 23.0 Å². The summed E-state index contributed by atoms with van der Waals surface area (Å²) in [6.45, 7) is 5.96. The molecule has 5 N–H and O–H groups in total. The number of carbonyl (C=O) groups excluding carboxylic acids is 1. The number of amides is 1. The Morgan fingerprint density at radius 3 is 2.38 bits per heavy atom. The Morgan fingerprint density at radius 1 is 1.15 bits per heavy atom. The first-order valence-electron chi connectivity index (χ1n) is 8.09. The molecule has 8 nitrogen and oxygen atoms in total. The van der Waals surface area contributed by atoms with Gasteiger partial charge in [-0.25, -0.2) is 9.67 Å². The van der Waals surface area contributed by atoms with Crippen LogP contribution in [-0.4, -0.2) is 25.7 Å². The molecule has 0 spiro atoms. The van der Waals surface area contributed by atoms with Gasteiger partial charge in [0.25, 0.3) is 5.91 Å². The lowest BCUT2D eigenvalue weighted by Crippen LogP contribution is -2.25. The molecule has 0 aliphatic rings. The Labute approximate surface area is 151 Å². The smallest absolute Gasteiger partial charge is 0.254 e. The maximum Gasteiger partial charge on any atom is 0.254 e. The van der Waals surface area contributed by atoms with Crippen LogP contribution in [0.15, 0.2) is 42.9 Å². The van der Waals surface area contributed by atoms with E-state index in [9.17, 15) is 4.79 Å². The van der Waals surface area contributed by atoms with Crippen molar-refractivity contribution in [3.8, 4) is 11.3 Å². The van der Waals surface area contributed by atoms with Gasteiger partial charge in [0.05, 0.1) is 11.7 Å². The number of anilines is 3. The number of nitrogens with two attached hydrogens (primary N) is 2. The number of carbonyl (C=O) groups is 1. The Hall–Kier alpha value is -3.42. The van der Waals surface area contributed by atoms with Gasteiger partial charge in [-0.05, 0) is 32.9 Å². The second-order valence-corrected chi connectivity index (χ2v) is 6.86. The number of nitrogens with one attached hydrogen (secondary N) is 1. The Balaban J connectivity index is 2.23. The normalized spacial score (nSPS) is 11.3. The largest absolute Gasteiger partial charge is 0.399 e. The van der Waals surface area contributed by atoms with Gasteiger partial charge in [-0.2, -0.15) is 5.10 Å². The summed E-state index contributed by atoms with van der Waals surface area (Å²) in [5.41, 5.74) is 13.2. The third-order valence-electron chi connectivity index (χ3n) is 3.76. The molecule has 134 valence electrons. The van der Waals surface area contributed by atoms with Crippen LogP contribution in [0.1, 0.15) is 31.1 Å². The standard InChI is InChI=1S/C18H21N7O/c1-18(2,3)25-17(23-13-10-21-8-9-22-13)14(16(20)26)15(24-25)11-4-6-12(19)7-5-11/h4-10H,19H2,1-3H3,(H2,20,26)(H,22,23). The lowest BCUT2D eigenvalue weighted by Gasteiger charge is -2.22. The quantitative estimate of drug-likeness (QED) is 0.620. The highest BCUT2D eigenvalue weighted by Gasteiger charge is 2.28. The van der Waals surface area contributed by atoms with Crippen LogP contribution in [0.5, 0.6) is 0 Å². The molecule has 0 bridgehead atoms. The summed E-state index contributed by atoms with van der Waals surface area (Å²) in [5.74, 6) is 0.375. The number of aromatic nitrogens is 4. The molecular weight excluding hydrogens is 330 g/mol. The molecule has 0 atom stereocenters. The minimum absolute atomic E-state index is 0.287. The molecule has 0 aliphatic carbocycles. The number of rotatable bonds is 4. The summed E-state index contributed by atoms with van der Waals surface area (Å²) in [5, 5.41) is 7.79. The number of hydrogen-bond acceptors (Lipinski definition) is 6. The van der Waals surface area contributed by atoms with E-state index in [-0.39, 0.29) is 5.56 Å². The highest BCUT2D eigenvalue weighted by atomic mass is 16.1. The average molecular weight is 351 g/mol. The molecule has 0 radical (unpaired) electrons. The molecular formula is C18H21N7O. The minimum atomic E-state index is -0.585. The lowest BCUT2D eigenvalue weighted by atomic mass is 10.1. The topological polar surface area (TPSA) is 125 Å². The van der Waals surface area contributed by atoms with Crippen LogP contribution in [-0.2, 0) is 5.54 Å². The summed E-state index contributed by atoms with van der Waals surface area (Å²) >= 11 is 0. The van der Waals surface area contributed by atoms with E-state index in [1.165, 1.54) is 0 Å². The van der Waals surface area contributed by atoms with Gasteiger partial charge in [0.15, 0.2) is 0 Å². The average Bonchev–Trinajstić information content (AvgIpc) is 2.96. The van der Waals surface area contributed by atoms with E-state index in [1.807, 2.05) is 32.9 Å². The van der Waals surface area contributed by atoms with Crippen molar-refractivity contribution in [3.05, 3.63) is 48.4 Å². The highest BCUT2D eigenvalue weighted by molar-refractivity contribution is 6.04. The third kappa shape index (κ3) is 3.34. The fourth-order valence-electron chi connectivity index (χ4n) is 2.58. The summed E-state index contributed by atoms with van der Waals surface area (Å²) in [4.78, 5) is 20.5. The van der Waals surface area contributed by atoms with Crippen LogP contribution in [0.3, 0.4) is 0 Å². The Morgan fingerprint density at radius 2 is 1.85 bits per heavy atom. The van der Waals surface area contributed by atoms with Gasteiger partial charge in [-0.15, -0.1) is 0 Å². The maximum atomic E-state index is 12.3. The first-order valence-corrected chi connectivity index (χ1v) is 8.09. The van der Waals surface area contributed by atoms with Crippen LogP contribution < -0.4 is 16.8 Å². The van der Waals surface area contributed by atoms with E-state index < -0.39 is 11.4 Å². The molecule has 3 aromatic rings. The van der Waals surface area contributed by atoms with Crippen molar-refractivity contribution in [1.82, 2.24) is 19.7 Å². The molecule has 2 heterocycles. The number of nitrogens with zero attached hydrogens (tertiary/aromatic N) is 4. The summed E-state index contributed by atoms with van der Waals surface area (Å²) < 4.78 is 1.73. The van der Waals surface area contributed by atoms with Crippen molar-refractivity contribution >= 4 is 23.2 Å². The molecule has 3 rings (SSSR count). The van der Waals surface area contributed by atoms with E-state index in [1.54, 1.807) is 35.4 Å². The van der Waals surface area contributed by atoms with Crippen molar-refractivity contribution in [1.29, 1.82) is 0 Å². The second kappa shape index (κ2) is 6.47. The van der Waals surface area contributed by atoms with Crippen LogP contribution in [0.4, 0.5) is 17.3 Å². The molecule has 0 saturated heterocycles. The fourth-order valence-corrected chi connectivity index (χ4v) is 2.58. The van der Waals surface area contributed by atoms with Crippen molar-refractivity contribution in [2.75, 3.05) is 11.1 Å². The van der Waals surface area contributed by atoms with Crippen molar-refractivity contribution in [2.45, 2.75) is 26.3 Å². The number of nitrogen functional groups attached to an aromatic ring is 1. The van der Waals surface area contributed by atoms with Crippen LogP contribution in [0, 0.1) is 0 Å². The Kier molecular flexibility index (Phi) is 4.33. The van der Waals surface area contributed by atoms with Crippen LogP contribution >= 0.6 is 0 Å². The van der Waals surface area contributed by atoms with Gasteiger partial charge in [0, 0.05) is 23.6 Å². The zero-order chi connectivity index (χ0) is 18.9. The minimum Gasteiger partial charge on any atom is -0.399 e. The number of primary amides is 1. The zero-order valence-electron chi connectivity index (χ0n) is 14.9. The van der Waals surface area contributed by atoms with Gasteiger partial charge in [0.2, 0.25) is 0 Å². The molecule has 2 aromatic heterocycles. The highest BCUT2D eigenvalue weighted by Crippen LogP contribution is 2.34. The molecule has 1 aromatic carbocycles. The van der Waals surface area contributed by atoms with E-state index in [4.69, 9.17) is 11.5 Å². The summed E-state index contributed by atoms with van der Waals surface area (Å²) in [7, 11) is 0. The number of benzene rings is 1. The third-order valence-corrected chi connectivity index (χ3v) is 3.76. The van der Waals surface area contributed by atoms with E-state index >= 15 is 0 Å². The van der Waals surface area contributed by atoms with Crippen molar-refractivity contribution in [3.63, 3.8) is 0 Å². The summed E-state index contributed by atoms with van der Waals surface area (Å²) in [6, 6.07) is 7.13. The van der Waals surface area contributed by atoms with Crippen LogP contribution in [0.2, 0.25) is 0 Å². The van der Waals surface area contributed by atoms with Crippen molar-refractivity contribution in [2.24, 2.45) is 5.73 Å². The number of hydrogen-bond donors (Lipinski definition) is 3. The maximum absolute atomic E-state index is 12.3. The second-order valence-electron chi connectivity index (χ2n) is 6.86. The van der Waals surface area contributed by atoms with Gasteiger partial charge in [-0.3, -0.25) is 9.78 Å². The zero-order valence-corrected chi connectivity index (χ0v) is 14.9. The summed E-state index contributed by atoms with van der Waals surface area (Å²) in [6.07, 6.45) is 4.69. The monoisotopic (exact) mass is 351 g/mol. The van der Waals surface area contributed by atoms with Gasteiger partial charge >= 0.3 is 0 Å². The predicted molar refractivity (Wildman–Crippen MR) is 101 cm³/mol. The molecule has 0 unspecified atom stereocenters. The molecule has 0 saturated carbocycles. The first-order chi connectivity index (χ1) is 12.3. The molecule has 8 heteroatoms. The van der Waals surface area contributed by atoms with E-state index in [0.717, 1.165) is 5.56 Å². The molecule has 26 heavy (non-hydrogen) atoms. The van der Waals surface area contributed by atoms with E-state index in [2.05, 4.69) is 20.4 Å². The van der Waals surface area contributed by atoms with Gasteiger partial charge in [0.1, 0.15) is 22.9 Å². The first kappa shape index (κ1) is 17.4. The molecule has 0 aliphatic heterocycles. The lowest BCUT2D eigenvalue weighted by molar-refractivity contribution is 0.100. The van der Waals surface area contributed by atoms with Gasteiger partial charge < -0.3 is 16.8 Å². The molecule has 1 amide bonds. The van der Waals surface area contributed by atoms with Crippen molar-refractivity contribution < 1.29 is 4.79 Å². The molecule has 0 fully saturated rings. The van der Waals surface area contributed by atoms with Crippen LogP contribution in [0.25, 0.3) is 11.3 Å². The SMILES string of the molecule is CC(C)(C)n1nc(-c2ccc(N)cc2)c(C(N)=O)c1Nc1cnccn1.